The minimum atomic E-state index is -4.36. The van der Waals surface area contributed by atoms with Crippen LogP contribution in [-0.2, 0) is 0 Å². The first kappa shape index (κ1) is 15.1. The number of alkyl halides is 3. The summed E-state index contributed by atoms with van der Waals surface area (Å²) in [6, 6.07) is -0.439. The smallest absolute Gasteiger partial charge is 0.329 e. The van der Waals surface area contributed by atoms with Crippen LogP contribution >= 0.6 is 0 Å². The van der Waals surface area contributed by atoms with E-state index in [1.165, 1.54) is 4.90 Å². The molecule has 2 N–H and O–H groups in total. The van der Waals surface area contributed by atoms with Crippen LogP contribution in [0.5, 0.6) is 0 Å². The Kier molecular flexibility index (Phi) is 5.71. The summed E-state index contributed by atoms with van der Waals surface area (Å²) in [4.78, 5) is 13.0. The summed E-state index contributed by atoms with van der Waals surface area (Å²) >= 11 is 0. The summed E-state index contributed by atoms with van der Waals surface area (Å²) in [6.45, 7) is 2.64. The highest BCUT2D eigenvalue weighted by Crippen LogP contribution is 2.14. The molecule has 4 nitrogen and oxygen atoms in total. The Labute approximate surface area is 105 Å². The number of nitrogens with one attached hydrogen (secondary N) is 2. The van der Waals surface area contributed by atoms with E-state index in [4.69, 9.17) is 0 Å². The van der Waals surface area contributed by atoms with E-state index >= 15 is 0 Å². The van der Waals surface area contributed by atoms with Crippen molar-refractivity contribution in [3.8, 4) is 0 Å². The third-order valence-electron chi connectivity index (χ3n) is 2.83. The molecule has 0 radical (unpaired) electrons. The van der Waals surface area contributed by atoms with E-state index in [2.05, 4.69) is 5.32 Å². The van der Waals surface area contributed by atoms with Crippen LogP contribution in [0.2, 0.25) is 0 Å². The van der Waals surface area contributed by atoms with Crippen LogP contribution in [0.4, 0.5) is 18.0 Å². The number of halogens is 3. The van der Waals surface area contributed by atoms with E-state index in [0.29, 0.717) is 13.1 Å². The number of urea groups is 1. The van der Waals surface area contributed by atoms with Gasteiger partial charge in [-0.2, -0.15) is 13.2 Å². The van der Waals surface area contributed by atoms with Gasteiger partial charge < -0.3 is 15.5 Å². The molecule has 1 fully saturated rings. The Bertz CT molecular complexity index is 271. The topological polar surface area (TPSA) is 44.4 Å². The van der Waals surface area contributed by atoms with Crippen molar-refractivity contribution in [2.75, 3.05) is 26.2 Å². The molecule has 18 heavy (non-hydrogen) atoms. The molecule has 2 amide bonds. The Hall–Kier alpha value is -0.980. The van der Waals surface area contributed by atoms with Crippen LogP contribution in [0, 0.1) is 0 Å². The van der Waals surface area contributed by atoms with Crippen molar-refractivity contribution in [1.82, 2.24) is 15.5 Å². The average molecular weight is 267 g/mol. The minimum absolute atomic E-state index is 0.190. The van der Waals surface area contributed by atoms with Crippen LogP contribution in [0.3, 0.4) is 0 Å². The van der Waals surface area contributed by atoms with E-state index in [1.54, 1.807) is 0 Å². The van der Waals surface area contributed by atoms with Crippen molar-refractivity contribution in [1.29, 1.82) is 0 Å². The second-order valence-electron chi connectivity index (χ2n) is 4.51. The highest BCUT2D eigenvalue weighted by Gasteiger charge is 2.30. The van der Waals surface area contributed by atoms with Crippen LogP contribution < -0.4 is 10.6 Å². The highest BCUT2D eigenvalue weighted by atomic mass is 19.4. The molecule has 0 aromatic rings. The van der Waals surface area contributed by atoms with Gasteiger partial charge >= 0.3 is 12.2 Å². The van der Waals surface area contributed by atoms with Gasteiger partial charge in [-0.1, -0.05) is 6.92 Å². The number of carbonyl (C=O) groups is 1. The first-order chi connectivity index (χ1) is 8.42. The summed E-state index contributed by atoms with van der Waals surface area (Å²) in [5.41, 5.74) is 0. The molecule has 0 aromatic heterocycles. The quantitative estimate of drug-likeness (QED) is 0.814. The largest absolute Gasteiger partial charge is 0.405 e. The maximum absolute atomic E-state index is 12.0. The number of hydrogen-bond acceptors (Lipinski definition) is 2. The molecule has 7 heteroatoms. The third-order valence-corrected chi connectivity index (χ3v) is 2.83. The lowest BCUT2D eigenvalue weighted by Crippen LogP contribution is -2.52. The second kappa shape index (κ2) is 6.82. The first-order valence-corrected chi connectivity index (χ1v) is 6.25. The molecule has 1 heterocycles. The minimum Gasteiger partial charge on any atom is -0.329 e. The summed E-state index contributed by atoms with van der Waals surface area (Å²) in [7, 11) is 0. The van der Waals surface area contributed by atoms with Gasteiger partial charge in [0.15, 0.2) is 0 Å². The van der Waals surface area contributed by atoms with E-state index in [1.807, 2.05) is 12.2 Å². The zero-order chi connectivity index (χ0) is 13.6. The fourth-order valence-corrected chi connectivity index (χ4v) is 1.96. The number of carbonyl (C=O) groups excluding carboxylic acids is 1. The Morgan fingerprint density at radius 1 is 1.44 bits per heavy atom. The predicted octanol–water partition coefficient (Wildman–Crippen LogP) is 1.72. The summed E-state index contributed by atoms with van der Waals surface area (Å²) < 4.78 is 35.9. The van der Waals surface area contributed by atoms with Gasteiger partial charge in [0.05, 0.1) is 0 Å². The first-order valence-electron chi connectivity index (χ1n) is 6.25. The van der Waals surface area contributed by atoms with Crippen LogP contribution in [-0.4, -0.2) is 49.3 Å². The van der Waals surface area contributed by atoms with Crippen LogP contribution in [0.25, 0.3) is 0 Å². The number of likely N-dealkylation sites (tertiary alicyclic amines) is 1. The van der Waals surface area contributed by atoms with Crippen molar-refractivity contribution in [2.24, 2.45) is 0 Å². The van der Waals surface area contributed by atoms with Crippen molar-refractivity contribution in [3.05, 3.63) is 0 Å². The average Bonchev–Trinajstić information content (AvgIpc) is 2.33. The normalized spacial score (nSPS) is 20.9. The van der Waals surface area contributed by atoms with Crippen molar-refractivity contribution in [2.45, 2.75) is 38.4 Å². The Morgan fingerprint density at radius 3 is 2.78 bits per heavy atom. The van der Waals surface area contributed by atoms with E-state index in [0.717, 1.165) is 25.8 Å². The molecule has 0 saturated carbocycles. The lowest BCUT2D eigenvalue weighted by atomic mass is 10.1. The molecule has 106 valence electrons. The molecule has 1 atom stereocenters. The van der Waals surface area contributed by atoms with E-state index in [-0.39, 0.29) is 6.04 Å². The van der Waals surface area contributed by atoms with Gasteiger partial charge in [0.25, 0.3) is 0 Å². The van der Waals surface area contributed by atoms with Gasteiger partial charge in [-0.15, -0.1) is 0 Å². The van der Waals surface area contributed by atoms with Crippen LogP contribution in [0.1, 0.15) is 26.2 Å². The third kappa shape index (κ3) is 5.57. The van der Waals surface area contributed by atoms with Crippen LogP contribution in [0.15, 0.2) is 0 Å². The summed E-state index contributed by atoms with van der Waals surface area (Å²) in [5, 5.41) is 5.19. The van der Waals surface area contributed by atoms with Crippen molar-refractivity contribution >= 4 is 6.03 Å². The SMILES string of the molecule is CCCNC1CCCN(C(=O)NCC(F)(F)F)C1. The molecule has 1 rings (SSSR count). The number of rotatable bonds is 4. The molecule has 0 spiro atoms. The maximum atomic E-state index is 12.0. The van der Waals surface area contributed by atoms with Gasteiger partial charge in [-0.05, 0) is 25.8 Å². The van der Waals surface area contributed by atoms with Gasteiger partial charge in [0.1, 0.15) is 6.54 Å². The number of hydrogen-bond donors (Lipinski definition) is 2. The summed E-state index contributed by atoms with van der Waals surface area (Å²) in [6.07, 6.45) is -1.58. The fourth-order valence-electron chi connectivity index (χ4n) is 1.96. The number of nitrogens with zero attached hydrogens (tertiary/aromatic N) is 1. The van der Waals surface area contributed by atoms with Crippen molar-refractivity contribution in [3.63, 3.8) is 0 Å². The fraction of sp³-hybridized carbons (Fsp3) is 0.909. The Balaban J connectivity index is 2.34. The van der Waals surface area contributed by atoms with E-state index in [9.17, 15) is 18.0 Å². The lowest BCUT2D eigenvalue weighted by Gasteiger charge is -2.33. The highest BCUT2D eigenvalue weighted by molar-refractivity contribution is 5.74. The van der Waals surface area contributed by atoms with E-state index < -0.39 is 18.8 Å². The predicted molar refractivity (Wildman–Crippen MR) is 62.3 cm³/mol. The summed E-state index contributed by atoms with van der Waals surface area (Å²) in [5.74, 6) is 0. The molecule has 0 aliphatic carbocycles. The second-order valence-corrected chi connectivity index (χ2v) is 4.51. The molecule has 1 aliphatic heterocycles. The molecule has 0 aromatic carbocycles. The monoisotopic (exact) mass is 267 g/mol. The van der Waals surface area contributed by atoms with Gasteiger partial charge in [-0.3, -0.25) is 0 Å². The molecular weight excluding hydrogens is 247 g/mol. The van der Waals surface area contributed by atoms with Crippen molar-refractivity contribution < 1.29 is 18.0 Å². The standard InChI is InChI=1S/C11H20F3N3O/c1-2-5-15-9-4-3-6-17(7-9)10(18)16-8-11(12,13)14/h9,15H,2-8H2,1H3,(H,16,18). The molecule has 1 aliphatic rings. The van der Waals surface area contributed by atoms with Gasteiger partial charge in [-0.25, -0.2) is 4.79 Å². The zero-order valence-corrected chi connectivity index (χ0v) is 10.5. The molecular formula is C11H20F3N3O. The van der Waals surface area contributed by atoms with Gasteiger partial charge in [0, 0.05) is 19.1 Å². The number of piperidine rings is 1. The molecule has 0 bridgehead atoms. The molecule has 1 saturated heterocycles. The van der Waals surface area contributed by atoms with Gasteiger partial charge in [0.2, 0.25) is 0 Å². The zero-order valence-electron chi connectivity index (χ0n) is 10.5. The molecule has 1 unspecified atom stereocenters. The Morgan fingerprint density at radius 2 is 2.17 bits per heavy atom. The number of amides is 2. The maximum Gasteiger partial charge on any atom is 0.405 e. The lowest BCUT2D eigenvalue weighted by molar-refractivity contribution is -0.123.